The summed E-state index contributed by atoms with van der Waals surface area (Å²) in [7, 11) is 1.74. The van der Waals surface area contributed by atoms with Crippen molar-refractivity contribution < 1.29 is 4.79 Å². The summed E-state index contributed by atoms with van der Waals surface area (Å²) in [6.45, 7) is 1.88. The summed E-state index contributed by atoms with van der Waals surface area (Å²) in [5.41, 5.74) is 0.289. The van der Waals surface area contributed by atoms with Crippen LogP contribution in [0.3, 0.4) is 0 Å². The molecular weight excluding hydrogens is 250 g/mol. The number of carbonyl (C=O) groups is 1. The molecule has 1 atom stereocenters. The number of carbonyl (C=O) groups excluding carboxylic acids is 1. The molecule has 1 amide bonds. The van der Waals surface area contributed by atoms with Crippen molar-refractivity contribution in [1.29, 1.82) is 0 Å². The number of anilines is 1. The SMILES string of the molecule is CNc1cnc(C(=O)NC(C)c2nccs2)cn1. The van der Waals surface area contributed by atoms with E-state index in [0.717, 1.165) is 5.01 Å². The third kappa shape index (κ3) is 2.80. The van der Waals surface area contributed by atoms with E-state index in [1.807, 2.05) is 12.3 Å². The highest BCUT2D eigenvalue weighted by Crippen LogP contribution is 2.15. The highest BCUT2D eigenvalue weighted by atomic mass is 32.1. The number of amides is 1. The Morgan fingerprint density at radius 2 is 2.17 bits per heavy atom. The Kier molecular flexibility index (Phi) is 3.83. The van der Waals surface area contributed by atoms with E-state index < -0.39 is 0 Å². The predicted molar refractivity (Wildman–Crippen MR) is 69.6 cm³/mol. The quantitative estimate of drug-likeness (QED) is 0.873. The van der Waals surface area contributed by atoms with E-state index in [4.69, 9.17) is 0 Å². The molecule has 1 unspecified atom stereocenters. The third-order valence-corrected chi connectivity index (χ3v) is 3.27. The molecular formula is C11H13N5OS. The summed E-state index contributed by atoms with van der Waals surface area (Å²) in [5.74, 6) is 0.368. The maximum atomic E-state index is 11.9. The highest BCUT2D eigenvalue weighted by molar-refractivity contribution is 7.09. The molecule has 2 heterocycles. The fourth-order valence-corrected chi connectivity index (χ4v) is 2.00. The van der Waals surface area contributed by atoms with Gasteiger partial charge in [0.2, 0.25) is 0 Å². The van der Waals surface area contributed by atoms with Gasteiger partial charge in [0.25, 0.3) is 5.91 Å². The first-order chi connectivity index (χ1) is 8.70. The summed E-state index contributed by atoms with van der Waals surface area (Å²) in [6.07, 6.45) is 4.67. The lowest BCUT2D eigenvalue weighted by atomic mass is 10.3. The minimum absolute atomic E-state index is 0.136. The Morgan fingerprint density at radius 1 is 1.33 bits per heavy atom. The molecule has 0 saturated carbocycles. The van der Waals surface area contributed by atoms with Gasteiger partial charge in [0.05, 0.1) is 18.4 Å². The van der Waals surface area contributed by atoms with E-state index in [9.17, 15) is 4.79 Å². The zero-order valence-electron chi connectivity index (χ0n) is 10.0. The Hall–Kier alpha value is -2.02. The molecule has 0 aliphatic carbocycles. The normalized spacial score (nSPS) is 11.9. The number of rotatable bonds is 4. The van der Waals surface area contributed by atoms with E-state index in [1.54, 1.807) is 13.2 Å². The predicted octanol–water partition coefficient (Wildman–Crippen LogP) is 1.47. The molecule has 0 radical (unpaired) electrons. The van der Waals surface area contributed by atoms with Crippen molar-refractivity contribution in [2.75, 3.05) is 12.4 Å². The van der Waals surface area contributed by atoms with Gasteiger partial charge < -0.3 is 10.6 Å². The van der Waals surface area contributed by atoms with Crippen LogP contribution in [0.25, 0.3) is 0 Å². The molecule has 0 aromatic carbocycles. The second-order valence-corrected chi connectivity index (χ2v) is 4.53. The molecule has 0 saturated heterocycles. The van der Waals surface area contributed by atoms with Crippen LogP contribution in [0.15, 0.2) is 24.0 Å². The first kappa shape index (κ1) is 12.4. The van der Waals surface area contributed by atoms with Crippen molar-refractivity contribution in [3.63, 3.8) is 0 Å². The van der Waals surface area contributed by atoms with Gasteiger partial charge in [-0.2, -0.15) is 0 Å². The van der Waals surface area contributed by atoms with E-state index in [2.05, 4.69) is 25.6 Å². The maximum Gasteiger partial charge on any atom is 0.272 e. The Bertz CT molecular complexity index is 511. The zero-order chi connectivity index (χ0) is 13.0. The minimum Gasteiger partial charge on any atom is -0.372 e. The molecule has 2 rings (SSSR count). The summed E-state index contributed by atoms with van der Waals surface area (Å²) >= 11 is 1.50. The van der Waals surface area contributed by atoms with Gasteiger partial charge in [-0.25, -0.2) is 15.0 Å². The maximum absolute atomic E-state index is 11.9. The van der Waals surface area contributed by atoms with E-state index in [-0.39, 0.29) is 17.6 Å². The molecule has 2 aromatic heterocycles. The van der Waals surface area contributed by atoms with Gasteiger partial charge >= 0.3 is 0 Å². The monoisotopic (exact) mass is 263 g/mol. The summed E-state index contributed by atoms with van der Waals surface area (Å²) in [4.78, 5) is 24.1. The lowest BCUT2D eigenvalue weighted by Crippen LogP contribution is -2.27. The van der Waals surface area contributed by atoms with Crippen LogP contribution in [-0.2, 0) is 0 Å². The van der Waals surface area contributed by atoms with Crippen molar-refractivity contribution >= 4 is 23.1 Å². The largest absolute Gasteiger partial charge is 0.372 e. The first-order valence-electron chi connectivity index (χ1n) is 5.40. The molecule has 0 aliphatic rings. The number of nitrogens with zero attached hydrogens (tertiary/aromatic N) is 3. The average molecular weight is 263 g/mol. The van der Waals surface area contributed by atoms with Crippen molar-refractivity contribution in [3.05, 3.63) is 34.7 Å². The summed E-state index contributed by atoms with van der Waals surface area (Å²) in [6, 6.07) is -0.136. The van der Waals surface area contributed by atoms with Crippen LogP contribution in [0.2, 0.25) is 0 Å². The number of nitrogens with one attached hydrogen (secondary N) is 2. The Morgan fingerprint density at radius 3 is 2.72 bits per heavy atom. The average Bonchev–Trinajstić information content (AvgIpc) is 2.92. The lowest BCUT2D eigenvalue weighted by molar-refractivity contribution is 0.0934. The van der Waals surface area contributed by atoms with Gasteiger partial charge in [-0.15, -0.1) is 11.3 Å². The Balaban J connectivity index is 2.03. The summed E-state index contributed by atoms with van der Waals surface area (Å²) < 4.78 is 0. The highest BCUT2D eigenvalue weighted by Gasteiger charge is 2.14. The second-order valence-electron chi connectivity index (χ2n) is 3.60. The van der Waals surface area contributed by atoms with Crippen LogP contribution in [0.5, 0.6) is 0 Å². The molecule has 7 heteroatoms. The van der Waals surface area contributed by atoms with Gasteiger partial charge in [0.15, 0.2) is 0 Å². The first-order valence-corrected chi connectivity index (χ1v) is 6.28. The van der Waals surface area contributed by atoms with Crippen LogP contribution in [0, 0.1) is 0 Å². The van der Waals surface area contributed by atoms with Crippen molar-refractivity contribution in [1.82, 2.24) is 20.3 Å². The van der Waals surface area contributed by atoms with Crippen LogP contribution >= 0.6 is 11.3 Å². The van der Waals surface area contributed by atoms with Crippen LogP contribution in [0.4, 0.5) is 5.82 Å². The van der Waals surface area contributed by atoms with Gasteiger partial charge in [-0.1, -0.05) is 0 Å². The zero-order valence-corrected chi connectivity index (χ0v) is 10.9. The number of thiazole rings is 1. The van der Waals surface area contributed by atoms with E-state index in [0.29, 0.717) is 5.82 Å². The second kappa shape index (κ2) is 5.54. The molecule has 2 aromatic rings. The van der Waals surface area contributed by atoms with Gasteiger partial charge in [0.1, 0.15) is 16.5 Å². The fourth-order valence-electron chi connectivity index (χ4n) is 1.36. The molecule has 0 fully saturated rings. The van der Waals surface area contributed by atoms with Crippen molar-refractivity contribution in [2.45, 2.75) is 13.0 Å². The lowest BCUT2D eigenvalue weighted by Gasteiger charge is -2.10. The third-order valence-electron chi connectivity index (χ3n) is 2.31. The van der Waals surface area contributed by atoms with Crippen molar-refractivity contribution in [2.24, 2.45) is 0 Å². The van der Waals surface area contributed by atoms with Crippen LogP contribution in [-0.4, -0.2) is 27.9 Å². The molecule has 18 heavy (non-hydrogen) atoms. The van der Waals surface area contributed by atoms with E-state index in [1.165, 1.54) is 23.7 Å². The molecule has 0 spiro atoms. The topological polar surface area (TPSA) is 79.8 Å². The Labute approximate surface area is 109 Å². The molecule has 0 bridgehead atoms. The van der Waals surface area contributed by atoms with Gasteiger partial charge in [-0.05, 0) is 6.92 Å². The molecule has 94 valence electrons. The summed E-state index contributed by atoms with van der Waals surface area (Å²) in [5, 5.41) is 8.40. The molecule has 0 aliphatic heterocycles. The van der Waals surface area contributed by atoms with E-state index >= 15 is 0 Å². The van der Waals surface area contributed by atoms with Crippen molar-refractivity contribution in [3.8, 4) is 0 Å². The van der Waals surface area contributed by atoms with Crippen LogP contribution < -0.4 is 10.6 Å². The fraction of sp³-hybridized carbons (Fsp3) is 0.273. The smallest absolute Gasteiger partial charge is 0.272 e. The number of hydrogen-bond acceptors (Lipinski definition) is 6. The van der Waals surface area contributed by atoms with Gasteiger partial charge in [0, 0.05) is 18.6 Å². The number of hydrogen-bond donors (Lipinski definition) is 2. The van der Waals surface area contributed by atoms with Crippen LogP contribution in [0.1, 0.15) is 28.5 Å². The molecule has 6 nitrogen and oxygen atoms in total. The minimum atomic E-state index is -0.257. The van der Waals surface area contributed by atoms with Gasteiger partial charge in [-0.3, -0.25) is 4.79 Å². The molecule has 2 N–H and O–H groups in total. The number of aromatic nitrogens is 3. The standard InChI is InChI=1S/C11H13N5OS/c1-7(11-13-3-4-18-11)16-10(17)8-5-15-9(12-2)6-14-8/h3-7H,1-2H3,(H,12,15)(H,16,17).